The summed E-state index contributed by atoms with van der Waals surface area (Å²) in [5.41, 5.74) is 2.34. The van der Waals surface area contributed by atoms with E-state index in [0.717, 1.165) is 38.0 Å². The van der Waals surface area contributed by atoms with Gasteiger partial charge in [-0.25, -0.2) is 0 Å². The molecule has 0 saturated carbocycles. The molecule has 4 rings (SSSR count). The normalized spacial score (nSPS) is 27.2. The molecule has 2 aliphatic heterocycles. The van der Waals surface area contributed by atoms with Gasteiger partial charge in [-0.2, -0.15) is 5.10 Å². The zero-order valence-corrected chi connectivity index (χ0v) is 14.8. The van der Waals surface area contributed by atoms with Crippen LogP contribution in [-0.2, 0) is 29.7 Å². The lowest BCUT2D eigenvalue weighted by molar-refractivity contribution is -0.0548. The van der Waals surface area contributed by atoms with Crippen molar-refractivity contribution in [2.24, 2.45) is 7.05 Å². The number of pyridine rings is 1. The maximum atomic E-state index is 6.25. The second-order valence-corrected chi connectivity index (χ2v) is 7.33. The topological polar surface area (TPSA) is 52.4 Å². The van der Waals surface area contributed by atoms with E-state index in [1.807, 2.05) is 30.2 Å². The van der Waals surface area contributed by atoms with Crippen LogP contribution >= 0.6 is 0 Å². The van der Waals surface area contributed by atoms with Crippen molar-refractivity contribution in [2.75, 3.05) is 19.7 Å². The van der Waals surface area contributed by atoms with Gasteiger partial charge in [-0.15, -0.1) is 0 Å². The summed E-state index contributed by atoms with van der Waals surface area (Å²) in [7, 11) is 1.96. The molecule has 2 fully saturated rings. The molecule has 0 amide bonds. The van der Waals surface area contributed by atoms with Gasteiger partial charge in [-0.05, 0) is 31.0 Å². The first-order valence-electron chi connectivity index (χ1n) is 9.05. The van der Waals surface area contributed by atoms with E-state index < -0.39 is 0 Å². The largest absolute Gasteiger partial charge is 0.371 e. The SMILES string of the molecule is Cn1cc(CN2CCC[C@]3(C[C@H](OCc4cccnc4)CO3)C2)cn1. The predicted molar refractivity (Wildman–Crippen MR) is 93.8 cm³/mol. The summed E-state index contributed by atoms with van der Waals surface area (Å²) in [6, 6.07) is 4.00. The molecule has 0 N–H and O–H groups in total. The van der Waals surface area contributed by atoms with Crippen LogP contribution < -0.4 is 0 Å². The van der Waals surface area contributed by atoms with Gasteiger partial charge < -0.3 is 9.47 Å². The highest BCUT2D eigenvalue weighted by molar-refractivity contribution is 5.07. The van der Waals surface area contributed by atoms with E-state index >= 15 is 0 Å². The monoisotopic (exact) mass is 342 g/mol. The van der Waals surface area contributed by atoms with E-state index in [4.69, 9.17) is 9.47 Å². The van der Waals surface area contributed by atoms with E-state index in [-0.39, 0.29) is 11.7 Å². The standard InChI is InChI=1S/C19H26N4O2/c1-22-11-17(10-21-22)12-23-7-3-5-19(15-23)8-18(14-25-19)24-13-16-4-2-6-20-9-16/h2,4,6,9-11,18H,3,5,7-8,12-15H2,1H3/t18-,19-/m0/s1. The van der Waals surface area contributed by atoms with E-state index in [1.165, 1.54) is 12.0 Å². The van der Waals surface area contributed by atoms with Gasteiger partial charge in [-0.3, -0.25) is 14.6 Å². The molecule has 2 aromatic heterocycles. The number of piperidine rings is 1. The molecule has 2 aromatic rings. The fraction of sp³-hybridized carbons (Fsp3) is 0.579. The molecule has 6 nitrogen and oxygen atoms in total. The highest BCUT2D eigenvalue weighted by atomic mass is 16.6. The molecule has 0 unspecified atom stereocenters. The van der Waals surface area contributed by atoms with E-state index in [0.29, 0.717) is 13.2 Å². The molecule has 4 heterocycles. The van der Waals surface area contributed by atoms with Crippen LogP contribution in [0.15, 0.2) is 36.9 Å². The lowest BCUT2D eigenvalue weighted by Crippen LogP contribution is -2.47. The first-order valence-corrected chi connectivity index (χ1v) is 9.05. The van der Waals surface area contributed by atoms with Gasteiger partial charge in [0.1, 0.15) is 0 Å². The van der Waals surface area contributed by atoms with Crippen LogP contribution in [0.4, 0.5) is 0 Å². The average Bonchev–Trinajstić information content (AvgIpc) is 3.20. The Bertz CT molecular complexity index is 690. The Hall–Kier alpha value is -1.76. The molecular weight excluding hydrogens is 316 g/mol. The van der Waals surface area contributed by atoms with Crippen LogP contribution in [0.5, 0.6) is 0 Å². The molecule has 0 bridgehead atoms. The Morgan fingerprint density at radius 2 is 2.32 bits per heavy atom. The van der Waals surface area contributed by atoms with Gasteiger partial charge in [0.2, 0.25) is 0 Å². The Balaban J connectivity index is 1.31. The summed E-state index contributed by atoms with van der Waals surface area (Å²) >= 11 is 0. The van der Waals surface area contributed by atoms with Gasteiger partial charge in [0.05, 0.1) is 31.1 Å². The van der Waals surface area contributed by atoms with Gasteiger partial charge in [-0.1, -0.05) is 6.07 Å². The third-order valence-electron chi connectivity index (χ3n) is 5.17. The van der Waals surface area contributed by atoms with Gasteiger partial charge in [0, 0.05) is 50.7 Å². The molecule has 134 valence electrons. The third kappa shape index (κ3) is 4.08. The Kier molecular flexibility index (Phi) is 4.83. The van der Waals surface area contributed by atoms with Crippen molar-refractivity contribution in [3.63, 3.8) is 0 Å². The Morgan fingerprint density at radius 1 is 1.36 bits per heavy atom. The molecule has 1 spiro atoms. The van der Waals surface area contributed by atoms with Crippen molar-refractivity contribution in [3.05, 3.63) is 48.0 Å². The minimum atomic E-state index is -0.0416. The van der Waals surface area contributed by atoms with Crippen molar-refractivity contribution in [1.82, 2.24) is 19.7 Å². The second kappa shape index (κ2) is 7.23. The van der Waals surface area contributed by atoms with Crippen molar-refractivity contribution in [1.29, 1.82) is 0 Å². The maximum absolute atomic E-state index is 6.25. The van der Waals surface area contributed by atoms with Crippen LogP contribution in [0.1, 0.15) is 30.4 Å². The van der Waals surface area contributed by atoms with Gasteiger partial charge in [0.25, 0.3) is 0 Å². The van der Waals surface area contributed by atoms with Crippen molar-refractivity contribution in [3.8, 4) is 0 Å². The lowest BCUT2D eigenvalue weighted by Gasteiger charge is -2.39. The minimum absolute atomic E-state index is 0.0416. The molecule has 2 saturated heterocycles. The average molecular weight is 342 g/mol. The van der Waals surface area contributed by atoms with Gasteiger partial charge in [0.15, 0.2) is 0 Å². The molecule has 6 heteroatoms. The van der Waals surface area contributed by atoms with Crippen molar-refractivity contribution in [2.45, 2.75) is 44.1 Å². The number of hydrogen-bond acceptors (Lipinski definition) is 5. The zero-order valence-electron chi connectivity index (χ0n) is 14.8. The molecule has 0 aromatic carbocycles. The first-order chi connectivity index (χ1) is 12.2. The molecule has 2 aliphatic rings. The van der Waals surface area contributed by atoms with Crippen molar-refractivity contribution < 1.29 is 9.47 Å². The predicted octanol–water partition coefficient (Wildman–Crippen LogP) is 2.16. The van der Waals surface area contributed by atoms with Crippen LogP contribution in [0, 0.1) is 0 Å². The maximum Gasteiger partial charge on any atom is 0.0841 e. The number of aromatic nitrogens is 3. The van der Waals surface area contributed by atoms with E-state index in [2.05, 4.69) is 27.2 Å². The highest BCUT2D eigenvalue weighted by Crippen LogP contribution is 2.36. The Labute approximate surface area is 148 Å². The molecular formula is C19H26N4O2. The van der Waals surface area contributed by atoms with Crippen molar-refractivity contribution >= 4 is 0 Å². The smallest absolute Gasteiger partial charge is 0.0841 e. The van der Waals surface area contributed by atoms with Crippen LogP contribution in [0.25, 0.3) is 0 Å². The van der Waals surface area contributed by atoms with Crippen LogP contribution in [-0.4, -0.2) is 51.1 Å². The minimum Gasteiger partial charge on any atom is -0.371 e. The summed E-state index contributed by atoms with van der Waals surface area (Å²) in [4.78, 5) is 6.63. The fourth-order valence-corrected chi connectivity index (χ4v) is 4.03. The number of aryl methyl sites for hydroxylation is 1. The number of rotatable bonds is 5. The van der Waals surface area contributed by atoms with Gasteiger partial charge >= 0.3 is 0 Å². The van der Waals surface area contributed by atoms with E-state index in [9.17, 15) is 0 Å². The number of likely N-dealkylation sites (tertiary alicyclic amines) is 1. The molecule has 25 heavy (non-hydrogen) atoms. The Morgan fingerprint density at radius 3 is 3.12 bits per heavy atom. The van der Waals surface area contributed by atoms with Crippen LogP contribution in [0.3, 0.4) is 0 Å². The molecule has 0 radical (unpaired) electrons. The first kappa shape index (κ1) is 16.7. The quantitative estimate of drug-likeness (QED) is 0.833. The lowest BCUT2D eigenvalue weighted by atomic mass is 9.89. The molecule has 0 aliphatic carbocycles. The number of hydrogen-bond donors (Lipinski definition) is 0. The molecule has 2 atom stereocenters. The summed E-state index contributed by atoms with van der Waals surface area (Å²) in [5, 5.41) is 4.27. The third-order valence-corrected chi connectivity index (χ3v) is 5.17. The van der Waals surface area contributed by atoms with E-state index in [1.54, 1.807) is 6.20 Å². The summed E-state index contributed by atoms with van der Waals surface area (Å²) in [5.74, 6) is 0. The number of nitrogens with zero attached hydrogens (tertiary/aromatic N) is 4. The fourth-order valence-electron chi connectivity index (χ4n) is 4.03. The summed E-state index contributed by atoms with van der Waals surface area (Å²) in [6.07, 6.45) is 11.2. The zero-order chi connectivity index (χ0) is 17.1. The summed E-state index contributed by atoms with van der Waals surface area (Å²) in [6.45, 7) is 4.36. The second-order valence-electron chi connectivity index (χ2n) is 7.33. The van der Waals surface area contributed by atoms with Crippen LogP contribution in [0.2, 0.25) is 0 Å². The number of ether oxygens (including phenoxy) is 2. The highest BCUT2D eigenvalue weighted by Gasteiger charge is 2.43. The summed E-state index contributed by atoms with van der Waals surface area (Å²) < 4.78 is 14.2.